The zero-order valence-electron chi connectivity index (χ0n) is 9.77. The molecule has 0 saturated carbocycles. The van der Waals surface area contributed by atoms with Crippen LogP contribution in [0.25, 0.3) is 0 Å². The minimum atomic E-state index is 0.290. The van der Waals surface area contributed by atoms with Gasteiger partial charge in [0.05, 0.1) is 19.3 Å². The van der Waals surface area contributed by atoms with Crippen molar-refractivity contribution in [2.75, 3.05) is 38.9 Å². The van der Waals surface area contributed by atoms with Crippen molar-refractivity contribution in [2.24, 2.45) is 0 Å². The highest BCUT2D eigenvalue weighted by atomic mass is 79.9. The Morgan fingerprint density at radius 2 is 2.25 bits per heavy atom. The third kappa shape index (κ3) is 4.01. The highest BCUT2D eigenvalue weighted by molar-refractivity contribution is 9.10. The van der Waals surface area contributed by atoms with Crippen LogP contribution >= 0.6 is 27.3 Å². The topological polar surface area (TPSA) is 34.6 Å². The molecule has 1 aromatic rings. The molecule has 1 rings (SSSR count). The van der Waals surface area contributed by atoms with Gasteiger partial charge in [0, 0.05) is 26.1 Å². The van der Waals surface area contributed by atoms with E-state index >= 15 is 0 Å². The van der Waals surface area contributed by atoms with Crippen molar-refractivity contribution in [3.05, 3.63) is 9.98 Å². The average Bonchev–Trinajstić information content (AvgIpc) is 2.66. The largest absolute Gasteiger partial charge is 0.383 e. The van der Waals surface area contributed by atoms with Gasteiger partial charge in [-0.2, -0.15) is 0 Å². The van der Waals surface area contributed by atoms with Crippen LogP contribution in [-0.2, 0) is 9.47 Å². The SMILES string of the molecule is COCCN(c1nc(Br)cs1)C(C)COC. The zero-order chi connectivity index (χ0) is 12.0. The Hall–Kier alpha value is -0.170. The summed E-state index contributed by atoms with van der Waals surface area (Å²) in [5, 5.41) is 2.97. The summed E-state index contributed by atoms with van der Waals surface area (Å²) < 4.78 is 11.2. The number of methoxy groups -OCH3 is 2. The van der Waals surface area contributed by atoms with Gasteiger partial charge in [-0.3, -0.25) is 0 Å². The molecule has 0 aliphatic rings. The number of rotatable bonds is 7. The molecule has 0 aliphatic carbocycles. The predicted octanol–water partition coefficient (Wildman–Crippen LogP) is 2.39. The van der Waals surface area contributed by atoms with E-state index in [4.69, 9.17) is 9.47 Å². The number of hydrogen-bond acceptors (Lipinski definition) is 5. The molecular weight excluding hydrogens is 292 g/mol. The normalized spacial score (nSPS) is 12.8. The molecule has 1 aromatic heterocycles. The molecule has 1 atom stereocenters. The Labute approximate surface area is 109 Å². The Morgan fingerprint density at radius 3 is 2.75 bits per heavy atom. The van der Waals surface area contributed by atoms with Crippen LogP contribution in [0.3, 0.4) is 0 Å². The number of anilines is 1. The standard InChI is InChI=1S/C10H17BrN2O2S/c1-8(6-15-3)13(4-5-14-2)10-12-9(11)7-16-10/h7-8H,4-6H2,1-3H3. The van der Waals surface area contributed by atoms with E-state index in [1.165, 1.54) is 0 Å². The van der Waals surface area contributed by atoms with Gasteiger partial charge in [0.2, 0.25) is 0 Å². The van der Waals surface area contributed by atoms with E-state index in [2.05, 4.69) is 32.7 Å². The van der Waals surface area contributed by atoms with Crippen LogP contribution in [-0.4, -0.2) is 45.0 Å². The van der Waals surface area contributed by atoms with Gasteiger partial charge in [-0.25, -0.2) is 4.98 Å². The first-order valence-electron chi connectivity index (χ1n) is 5.04. The summed E-state index contributed by atoms with van der Waals surface area (Å²) in [6.07, 6.45) is 0. The molecule has 1 heterocycles. The first kappa shape index (κ1) is 13.9. The second-order valence-corrected chi connectivity index (χ2v) is 5.09. The van der Waals surface area contributed by atoms with E-state index < -0.39 is 0 Å². The molecule has 0 radical (unpaired) electrons. The van der Waals surface area contributed by atoms with Crippen LogP contribution in [0.5, 0.6) is 0 Å². The maximum absolute atomic E-state index is 5.18. The molecule has 0 amide bonds. The molecule has 0 N–H and O–H groups in total. The summed E-state index contributed by atoms with van der Waals surface area (Å²) in [5.74, 6) is 0. The molecule has 0 bridgehead atoms. The molecule has 0 aromatic carbocycles. The molecule has 92 valence electrons. The summed E-state index contributed by atoms with van der Waals surface area (Å²) >= 11 is 4.99. The van der Waals surface area contributed by atoms with E-state index in [1.807, 2.05) is 5.38 Å². The van der Waals surface area contributed by atoms with Crippen molar-refractivity contribution in [1.82, 2.24) is 4.98 Å². The number of halogens is 1. The van der Waals surface area contributed by atoms with E-state index in [9.17, 15) is 0 Å². The van der Waals surface area contributed by atoms with Gasteiger partial charge in [0.15, 0.2) is 5.13 Å². The molecule has 0 spiro atoms. The van der Waals surface area contributed by atoms with Crippen molar-refractivity contribution in [3.63, 3.8) is 0 Å². The van der Waals surface area contributed by atoms with Crippen LogP contribution in [0, 0.1) is 0 Å². The molecule has 0 aliphatic heterocycles. The Morgan fingerprint density at radius 1 is 1.50 bits per heavy atom. The minimum Gasteiger partial charge on any atom is -0.383 e. The van der Waals surface area contributed by atoms with E-state index in [0.29, 0.717) is 13.2 Å². The van der Waals surface area contributed by atoms with Gasteiger partial charge in [-0.15, -0.1) is 11.3 Å². The fraction of sp³-hybridized carbons (Fsp3) is 0.700. The second kappa shape index (κ2) is 7.21. The lowest BCUT2D eigenvalue weighted by atomic mass is 10.3. The van der Waals surface area contributed by atoms with Gasteiger partial charge in [-0.05, 0) is 22.9 Å². The molecule has 0 fully saturated rings. The average molecular weight is 309 g/mol. The maximum Gasteiger partial charge on any atom is 0.186 e. The number of hydrogen-bond donors (Lipinski definition) is 0. The van der Waals surface area contributed by atoms with E-state index in [-0.39, 0.29) is 6.04 Å². The van der Waals surface area contributed by atoms with Crippen molar-refractivity contribution in [2.45, 2.75) is 13.0 Å². The fourth-order valence-corrected chi connectivity index (χ4v) is 2.78. The van der Waals surface area contributed by atoms with Gasteiger partial charge in [-0.1, -0.05) is 0 Å². The highest BCUT2D eigenvalue weighted by Crippen LogP contribution is 2.25. The maximum atomic E-state index is 5.18. The van der Waals surface area contributed by atoms with E-state index in [1.54, 1.807) is 25.6 Å². The third-order valence-electron chi connectivity index (χ3n) is 2.19. The first-order chi connectivity index (χ1) is 7.69. The van der Waals surface area contributed by atoms with Crippen LogP contribution in [0.15, 0.2) is 9.98 Å². The van der Waals surface area contributed by atoms with Crippen LogP contribution < -0.4 is 4.90 Å². The molecule has 6 heteroatoms. The fourth-order valence-electron chi connectivity index (χ4n) is 1.40. The van der Waals surface area contributed by atoms with Crippen molar-refractivity contribution in [3.8, 4) is 0 Å². The molecule has 0 saturated heterocycles. The van der Waals surface area contributed by atoms with Gasteiger partial charge >= 0.3 is 0 Å². The summed E-state index contributed by atoms with van der Waals surface area (Å²) in [7, 11) is 3.42. The molecular formula is C10H17BrN2O2S. The Balaban J connectivity index is 2.69. The number of ether oxygens (including phenoxy) is 2. The minimum absolute atomic E-state index is 0.290. The number of aromatic nitrogens is 1. The van der Waals surface area contributed by atoms with E-state index in [0.717, 1.165) is 16.3 Å². The van der Waals surface area contributed by atoms with Gasteiger partial charge in [0.1, 0.15) is 4.60 Å². The quantitative estimate of drug-likeness (QED) is 0.774. The van der Waals surface area contributed by atoms with Crippen molar-refractivity contribution in [1.29, 1.82) is 0 Å². The van der Waals surface area contributed by atoms with Gasteiger partial charge in [0.25, 0.3) is 0 Å². The van der Waals surface area contributed by atoms with Crippen LogP contribution in [0.2, 0.25) is 0 Å². The Bertz CT molecular complexity index is 309. The lowest BCUT2D eigenvalue weighted by Gasteiger charge is -2.27. The summed E-state index contributed by atoms with van der Waals surface area (Å²) in [6.45, 7) is 4.31. The summed E-state index contributed by atoms with van der Waals surface area (Å²) in [5.41, 5.74) is 0. The summed E-state index contributed by atoms with van der Waals surface area (Å²) in [4.78, 5) is 6.61. The number of thiazole rings is 1. The van der Waals surface area contributed by atoms with Crippen molar-refractivity contribution < 1.29 is 9.47 Å². The molecule has 1 unspecified atom stereocenters. The lowest BCUT2D eigenvalue weighted by Crippen LogP contribution is -2.38. The zero-order valence-corrected chi connectivity index (χ0v) is 12.2. The summed E-state index contributed by atoms with van der Waals surface area (Å²) in [6, 6.07) is 0.290. The monoisotopic (exact) mass is 308 g/mol. The van der Waals surface area contributed by atoms with Crippen LogP contribution in [0.1, 0.15) is 6.92 Å². The molecule has 4 nitrogen and oxygen atoms in total. The smallest absolute Gasteiger partial charge is 0.186 e. The number of nitrogens with zero attached hydrogens (tertiary/aromatic N) is 2. The molecule has 16 heavy (non-hydrogen) atoms. The Kier molecular flexibility index (Phi) is 6.26. The predicted molar refractivity (Wildman–Crippen MR) is 70.4 cm³/mol. The third-order valence-corrected chi connectivity index (χ3v) is 3.77. The van der Waals surface area contributed by atoms with Gasteiger partial charge < -0.3 is 14.4 Å². The second-order valence-electron chi connectivity index (χ2n) is 3.44. The lowest BCUT2D eigenvalue weighted by molar-refractivity contribution is 0.171. The van der Waals surface area contributed by atoms with Crippen molar-refractivity contribution >= 4 is 32.4 Å². The van der Waals surface area contributed by atoms with Crippen LogP contribution in [0.4, 0.5) is 5.13 Å². The highest BCUT2D eigenvalue weighted by Gasteiger charge is 2.17. The first-order valence-corrected chi connectivity index (χ1v) is 6.71.